The molecular formula is C19H18Cl2N4O2S. The van der Waals surface area contributed by atoms with Crippen molar-refractivity contribution in [3.63, 3.8) is 0 Å². The van der Waals surface area contributed by atoms with Gasteiger partial charge in [0.2, 0.25) is 4.77 Å². The largest absolute Gasteiger partial charge is 0.490 e. The van der Waals surface area contributed by atoms with E-state index in [1.54, 1.807) is 23.0 Å². The fourth-order valence-electron chi connectivity index (χ4n) is 2.42. The quantitative estimate of drug-likeness (QED) is 0.396. The Balaban J connectivity index is 1.79. The van der Waals surface area contributed by atoms with E-state index in [1.165, 1.54) is 0 Å². The number of hydrogen-bond acceptors (Lipinski definition) is 5. The number of halogens is 2. The van der Waals surface area contributed by atoms with E-state index >= 15 is 0 Å². The van der Waals surface area contributed by atoms with Crippen LogP contribution >= 0.6 is 35.4 Å². The minimum Gasteiger partial charge on any atom is -0.490 e. The second-order valence-corrected chi connectivity index (χ2v) is 7.03. The van der Waals surface area contributed by atoms with Crippen LogP contribution in [0.5, 0.6) is 11.5 Å². The van der Waals surface area contributed by atoms with E-state index in [2.05, 4.69) is 15.3 Å². The molecule has 0 saturated carbocycles. The van der Waals surface area contributed by atoms with Gasteiger partial charge >= 0.3 is 0 Å². The molecule has 3 aromatic rings. The number of hydrogen-bond donors (Lipinski definition) is 1. The van der Waals surface area contributed by atoms with Crippen LogP contribution in [0.3, 0.4) is 0 Å². The van der Waals surface area contributed by atoms with Crippen molar-refractivity contribution in [1.29, 1.82) is 0 Å². The molecule has 146 valence electrons. The zero-order chi connectivity index (χ0) is 20.1. The van der Waals surface area contributed by atoms with Gasteiger partial charge in [0.1, 0.15) is 12.4 Å². The number of nitrogens with one attached hydrogen (secondary N) is 1. The summed E-state index contributed by atoms with van der Waals surface area (Å²) in [5, 5.41) is 12.2. The molecule has 0 aliphatic heterocycles. The summed E-state index contributed by atoms with van der Waals surface area (Å²) in [5.41, 5.74) is 1.67. The van der Waals surface area contributed by atoms with Gasteiger partial charge in [-0.15, -0.1) is 0 Å². The molecule has 0 bridgehead atoms. The number of rotatable bonds is 7. The number of aromatic nitrogens is 3. The van der Waals surface area contributed by atoms with Crippen molar-refractivity contribution >= 4 is 41.6 Å². The monoisotopic (exact) mass is 436 g/mol. The van der Waals surface area contributed by atoms with Gasteiger partial charge in [-0.25, -0.2) is 0 Å². The first-order chi connectivity index (χ1) is 13.5. The van der Waals surface area contributed by atoms with Crippen molar-refractivity contribution in [1.82, 2.24) is 14.9 Å². The van der Waals surface area contributed by atoms with Crippen LogP contribution in [0.4, 0.5) is 0 Å². The summed E-state index contributed by atoms with van der Waals surface area (Å²) in [5.74, 6) is 1.90. The molecule has 0 spiro atoms. The lowest BCUT2D eigenvalue weighted by Gasteiger charge is -2.13. The molecule has 3 rings (SSSR count). The van der Waals surface area contributed by atoms with Crippen molar-refractivity contribution in [3.8, 4) is 11.5 Å². The smallest absolute Gasteiger partial charge is 0.216 e. The van der Waals surface area contributed by atoms with Gasteiger partial charge < -0.3 is 9.47 Å². The highest BCUT2D eigenvalue weighted by molar-refractivity contribution is 7.71. The average molecular weight is 437 g/mol. The number of aromatic amines is 1. The van der Waals surface area contributed by atoms with Crippen molar-refractivity contribution < 1.29 is 9.47 Å². The number of ether oxygens (including phenoxy) is 2. The molecule has 28 heavy (non-hydrogen) atoms. The van der Waals surface area contributed by atoms with Crippen LogP contribution in [0.25, 0.3) is 0 Å². The standard InChI is InChI=1S/C19H18Cl2N4O2S/c1-3-26-18-8-13(10-22-25-12(2)23-24-19(25)28)4-7-17(18)27-11-14-5-6-15(20)9-16(14)21/h4-10H,3,11H2,1-2H3,(H,24,28)/b22-10+. The Morgan fingerprint density at radius 3 is 2.68 bits per heavy atom. The van der Waals surface area contributed by atoms with E-state index in [4.69, 9.17) is 44.9 Å². The Labute approximate surface area is 177 Å². The molecule has 0 aliphatic rings. The van der Waals surface area contributed by atoms with Crippen LogP contribution < -0.4 is 9.47 Å². The summed E-state index contributed by atoms with van der Waals surface area (Å²) < 4.78 is 13.6. The minimum atomic E-state index is 0.299. The summed E-state index contributed by atoms with van der Waals surface area (Å²) in [6, 6.07) is 10.9. The first-order valence-corrected chi connectivity index (χ1v) is 9.66. The summed E-state index contributed by atoms with van der Waals surface area (Å²) in [7, 11) is 0. The second-order valence-electron chi connectivity index (χ2n) is 5.80. The Hall–Kier alpha value is -2.35. The number of benzene rings is 2. The van der Waals surface area contributed by atoms with Gasteiger partial charge in [0.15, 0.2) is 11.5 Å². The molecule has 0 radical (unpaired) electrons. The zero-order valence-corrected chi connectivity index (χ0v) is 17.6. The molecule has 0 fully saturated rings. The third-order valence-corrected chi connectivity index (χ3v) is 4.65. The Kier molecular flexibility index (Phi) is 6.72. The molecule has 0 aliphatic carbocycles. The molecule has 1 heterocycles. The van der Waals surface area contributed by atoms with Crippen LogP contribution in [-0.2, 0) is 6.61 Å². The van der Waals surface area contributed by atoms with E-state index in [0.717, 1.165) is 11.1 Å². The Bertz CT molecular complexity index is 1060. The highest BCUT2D eigenvalue weighted by atomic mass is 35.5. The third kappa shape index (κ3) is 4.92. The van der Waals surface area contributed by atoms with E-state index < -0.39 is 0 Å². The van der Waals surface area contributed by atoms with Crippen LogP contribution in [-0.4, -0.2) is 27.7 Å². The van der Waals surface area contributed by atoms with Gasteiger partial charge in [0.25, 0.3) is 0 Å². The molecule has 0 atom stereocenters. The van der Waals surface area contributed by atoms with Gasteiger partial charge in [-0.2, -0.15) is 14.9 Å². The highest BCUT2D eigenvalue weighted by Crippen LogP contribution is 2.30. The van der Waals surface area contributed by atoms with E-state index in [0.29, 0.717) is 45.4 Å². The molecule has 1 aromatic heterocycles. The maximum absolute atomic E-state index is 6.21. The molecule has 9 heteroatoms. The lowest BCUT2D eigenvalue weighted by molar-refractivity contribution is 0.269. The summed E-state index contributed by atoms with van der Waals surface area (Å²) in [6.45, 7) is 4.53. The van der Waals surface area contributed by atoms with Gasteiger partial charge in [-0.3, -0.25) is 5.10 Å². The topological polar surface area (TPSA) is 64.4 Å². The van der Waals surface area contributed by atoms with E-state index in [-0.39, 0.29) is 0 Å². The van der Waals surface area contributed by atoms with Crippen molar-refractivity contribution in [3.05, 3.63) is 68.2 Å². The fraction of sp³-hybridized carbons (Fsp3) is 0.211. The van der Waals surface area contributed by atoms with Gasteiger partial charge in [-0.1, -0.05) is 29.3 Å². The number of nitrogens with zero attached hydrogens (tertiary/aromatic N) is 3. The predicted molar refractivity (Wildman–Crippen MR) is 114 cm³/mol. The van der Waals surface area contributed by atoms with Crippen molar-refractivity contribution in [2.75, 3.05) is 6.61 Å². The summed E-state index contributed by atoms with van der Waals surface area (Å²) >= 11 is 17.3. The van der Waals surface area contributed by atoms with Crippen molar-refractivity contribution in [2.45, 2.75) is 20.5 Å². The highest BCUT2D eigenvalue weighted by Gasteiger charge is 2.09. The Morgan fingerprint density at radius 2 is 2.00 bits per heavy atom. The second kappa shape index (κ2) is 9.23. The first kappa shape index (κ1) is 20.4. The minimum absolute atomic E-state index is 0.299. The SMILES string of the molecule is CCOc1cc(/C=N/n2c(C)n[nH]c2=S)ccc1OCc1ccc(Cl)cc1Cl. The fourth-order valence-corrected chi connectivity index (χ4v) is 3.11. The molecule has 0 saturated heterocycles. The maximum atomic E-state index is 6.21. The molecular weight excluding hydrogens is 419 g/mol. The van der Waals surface area contributed by atoms with Crippen molar-refractivity contribution in [2.24, 2.45) is 5.10 Å². The molecule has 1 N–H and O–H groups in total. The lowest BCUT2D eigenvalue weighted by atomic mass is 10.2. The number of H-pyrrole nitrogens is 1. The van der Waals surface area contributed by atoms with Crippen LogP contribution in [0.15, 0.2) is 41.5 Å². The average Bonchev–Trinajstić information content (AvgIpc) is 2.98. The normalized spacial score (nSPS) is 11.1. The molecule has 6 nitrogen and oxygen atoms in total. The molecule has 0 unspecified atom stereocenters. The lowest BCUT2D eigenvalue weighted by Crippen LogP contribution is -2.01. The molecule has 2 aromatic carbocycles. The summed E-state index contributed by atoms with van der Waals surface area (Å²) in [4.78, 5) is 0. The van der Waals surface area contributed by atoms with Crippen LogP contribution in [0, 0.1) is 11.7 Å². The van der Waals surface area contributed by atoms with Crippen LogP contribution in [0.2, 0.25) is 10.0 Å². The van der Waals surface area contributed by atoms with Gasteiger partial charge in [0, 0.05) is 15.6 Å². The predicted octanol–water partition coefficient (Wildman–Crippen LogP) is 5.42. The maximum Gasteiger partial charge on any atom is 0.216 e. The molecule has 0 amide bonds. The first-order valence-electron chi connectivity index (χ1n) is 8.50. The van der Waals surface area contributed by atoms with Crippen LogP contribution in [0.1, 0.15) is 23.9 Å². The zero-order valence-electron chi connectivity index (χ0n) is 15.3. The van der Waals surface area contributed by atoms with Gasteiger partial charge in [-0.05, 0) is 62.0 Å². The van der Waals surface area contributed by atoms with E-state index in [1.807, 2.05) is 38.1 Å². The van der Waals surface area contributed by atoms with Gasteiger partial charge in [0.05, 0.1) is 12.8 Å². The Morgan fingerprint density at radius 1 is 1.18 bits per heavy atom. The van der Waals surface area contributed by atoms with E-state index in [9.17, 15) is 0 Å². The number of aryl methyl sites for hydroxylation is 1. The third-order valence-electron chi connectivity index (χ3n) is 3.80. The summed E-state index contributed by atoms with van der Waals surface area (Å²) in [6.07, 6.45) is 1.68.